The topological polar surface area (TPSA) is 0 Å². The van der Waals surface area contributed by atoms with Crippen molar-refractivity contribution in [3.05, 3.63) is 53.6 Å². The molecule has 2 aliphatic carbocycles. The third-order valence-electron chi connectivity index (χ3n) is 5.03. The fourth-order valence-electron chi connectivity index (χ4n) is 3.46. The summed E-state index contributed by atoms with van der Waals surface area (Å²) in [7, 11) is 0. The molecule has 0 heterocycles. The number of hydrogen-bond donors (Lipinski definition) is 0. The van der Waals surface area contributed by atoms with E-state index in [1.807, 2.05) is 12.1 Å². The van der Waals surface area contributed by atoms with E-state index in [1.54, 1.807) is 12.1 Å². The van der Waals surface area contributed by atoms with E-state index in [1.165, 1.54) is 12.8 Å². The Bertz CT molecular complexity index is 617. The lowest BCUT2D eigenvalue weighted by Gasteiger charge is -2.29. The molecule has 0 nitrogen and oxygen atoms in total. The van der Waals surface area contributed by atoms with Crippen molar-refractivity contribution in [3.8, 4) is 0 Å². The maximum absolute atomic E-state index is 14.0. The highest BCUT2D eigenvalue weighted by Crippen LogP contribution is 2.47. The molecule has 0 saturated heterocycles. The monoisotopic (exact) mass is 324 g/mol. The van der Waals surface area contributed by atoms with Gasteiger partial charge < -0.3 is 0 Å². The van der Waals surface area contributed by atoms with Crippen LogP contribution in [-0.2, 0) is 0 Å². The lowest BCUT2D eigenvalue weighted by atomic mass is 9.79. The molecule has 0 N–H and O–H groups in total. The van der Waals surface area contributed by atoms with E-state index in [0.717, 1.165) is 36.5 Å². The summed E-state index contributed by atoms with van der Waals surface area (Å²) in [6, 6.07) is 6.71. The average Bonchev–Trinajstić information content (AvgIpc) is 2.51. The van der Waals surface area contributed by atoms with Crippen molar-refractivity contribution < 1.29 is 17.6 Å². The van der Waals surface area contributed by atoms with Crippen LogP contribution in [0.3, 0.4) is 0 Å². The quantitative estimate of drug-likeness (QED) is 0.568. The van der Waals surface area contributed by atoms with E-state index < -0.39 is 17.4 Å². The van der Waals surface area contributed by atoms with Crippen molar-refractivity contribution in [2.45, 2.75) is 50.4 Å². The summed E-state index contributed by atoms with van der Waals surface area (Å²) in [6.45, 7) is 2.24. The smallest absolute Gasteiger partial charge is 0.195 e. The molecule has 0 radical (unpaired) electrons. The first-order valence-corrected chi connectivity index (χ1v) is 8.07. The minimum Gasteiger partial charge on any atom is -0.195 e. The summed E-state index contributed by atoms with van der Waals surface area (Å²) in [5, 5.41) is 0. The Morgan fingerprint density at radius 2 is 1.52 bits per heavy atom. The molecule has 0 bridgehead atoms. The Hall–Kier alpha value is -1.58. The van der Waals surface area contributed by atoms with Gasteiger partial charge in [0, 0.05) is 5.57 Å². The molecule has 0 spiro atoms. The van der Waals surface area contributed by atoms with Crippen LogP contribution in [0.5, 0.6) is 0 Å². The Balaban J connectivity index is 1.83. The van der Waals surface area contributed by atoms with Crippen molar-refractivity contribution in [1.29, 1.82) is 0 Å². The summed E-state index contributed by atoms with van der Waals surface area (Å²) < 4.78 is 54.8. The first kappa shape index (κ1) is 16.3. The second-order valence-corrected chi connectivity index (χ2v) is 6.72. The van der Waals surface area contributed by atoms with Gasteiger partial charge in [-0.3, -0.25) is 0 Å². The Morgan fingerprint density at radius 3 is 2.13 bits per heavy atom. The first-order valence-electron chi connectivity index (χ1n) is 8.07. The van der Waals surface area contributed by atoms with Crippen LogP contribution in [0.25, 0.3) is 5.57 Å². The number of benzene rings is 1. The third kappa shape index (κ3) is 2.96. The molecule has 0 amide bonds. The molecule has 1 fully saturated rings. The van der Waals surface area contributed by atoms with E-state index in [-0.39, 0.29) is 11.6 Å². The largest absolute Gasteiger partial charge is 0.339 e. The fraction of sp³-hybridized carbons (Fsp3) is 0.474. The number of allylic oxidation sites excluding steroid dienone is 4. The number of alkyl halides is 4. The van der Waals surface area contributed by atoms with Crippen LogP contribution < -0.4 is 0 Å². The fourth-order valence-corrected chi connectivity index (χ4v) is 3.46. The molecular formula is C19H20F4. The van der Waals surface area contributed by atoms with Gasteiger partial charge in [-0.05, 0) is 41.9 Å². The van der Waals surface area contributed by atoms with Gasteiger partial charge in [0.25, 0.3) is 0 Å². The minimum absolute atomic E-state index is 0.159. The molecular weight excluding hydrogens is 304 g/mol. The van der Waals surface area contributed by atoms with Gasteiger partial charge in [0.1, 0.15) is 0 Å². The van der Waals surface area contributed by atoms with Gasteiger partial charge in [-0.1, -0.05) is 56.2 Å². The summed E-state index contributed by atoms with van der Waals surface area (Å²) in [5.74, 6) is -7.13. The standard InChI is InChI=1S/C19H20F4/c1-13-4-6-14(7-5-13)15-8-10-16(11-9-15)17-3-2-12-18(20,21)19(17,22)23/h2-3,8-14H,4-7H2,1H3. The van der Waals surface area contributed by atoms with Crippen LogP contribution in [0.4, 0.5) is 17.6 Å². The molecule has 124 valence electrons. The molecule has 3 rings (SSSR count). The second kappa shape index (κ2) is 5.81. The molecule has 4 heteroatoms. The number of hydrogen-bond acceptors (Lipinski definition) is 0. The normalized spacial score (nSPS) is 29.2. The maximum atomic E-state index is 14.0. The van der Waals surface area contributed by atoms with Gasteiger partial charge in [0.05, 0.1) is 0 Å². The summed E-state index contributed by atoms with van der Waals surface area (Å²) >= 11 is 0. The van der Waals surface area contributed by atoms with Crippen LogP contribution in [0.1, 0.15) is 49.7 Å². The Morgan fingerprint density at radius 1 is 0.913 bits per heavy atom. The zero-order valence-electron chi connectivity index (χ0n) is 13.0. The predicted molar refractivity (Wildman–Crippen MR) is 83.8 cm³/mol. The summed E-state index contributed by atoms with van der Waals surface area (Å²) in [5.41, 5.74) is 0.656. The first-order chi connectivity index (χ1) is 10.8. The molecule has 1 aromatic carbocycles. The predicted octanol–water partition coefficient (Wildman–Crippen LogP) is 6.20. The van der Waals surface area contributed by atoms with Crippen molar-refractivity contribution >= 4 is 5.57 Å². The zero-order valence-corrected chi connectivity index (χ0v) is 13.0. The van der Waals surface area contributed by atoms with Crippen LogP contribution in [0.15, 0.2) is 42.5 Å². The lowest BCUT2D eigenvalue weighted by Crippen LogP contribution is -2.41. The minimum atomic E-state index is -4.18. The van der Waals surface area contributed by atoms with Crippen LogP contribution >= 0.6 is 0 Å². The average molecular weight is 324 g/mol. The third-order valence-corrected chi connectivity index (χ3v) is 5.03. The molecule has 1 saturated carbocycles. The highest BCUT2D eigenvalue weighted by atomic mass is 19.3. The van der Waals surface area contributed by atoms with Crippen molar-refractivity contribution in [3.63, 3.8) is 0 Å². The van der Waals surface area contributed by atoms with Gasteiger partial charge in [-0.15, -0.1) is 0 Å². The number of rotatable bonds is 2. The summed E-state index contributed by atoms with van der Waals surface area (Å²) in [6.07, 6.45) is 6.88. The van der Waals surface area contributed by atoms with Gasteiger partial charge >= 0.3 is 11.8 Å². The van der Waals surface area contributed by atoms with E-state index in [4.69, 9.17) is 0 Å². The van der Waals surface area contributed by atoms with Gasteiger partial charge in [-0.2, -0.15) is 17.6 Å². The van der Waals surface area contributed by atoms with E-state index in [9.17, 15) is 17.6 Å². The van der Waals surface area contributed by atoms with Crippen molar-refractivity contribution in [1.82, 2.24) is 0 Å². The Labute approximate surface area is 133 Å². The van der Waals surface area contributed by atoms with E-state index >= 15 is 0 Å². The van der Waals surface area contributed by atoms with Crippen LogP contribution in [-0.4, -0.2) is 11.8 Å². The molecule has 0 unspecified atom stereocenters. The SMILES string of the molecule is CC1CCC(c2ccc(C3=CC=CC(F)(F)C3(F)F)cc2)CC1. The molecule has 23 heavy (non-hydrogen) atoms. The van der Waals surface area contributed by atoms with E-state index in [2.05, 4.69) is 6.92 Å². The van der Waals surface area contributed by atoms with E-state index in [0.29, 0.717) is 5.92 Å². The van der Waals surface area contributed by atoms with Gasteiger partial charge in [0.15, 0.2) is 0 Å². The second-order valence-electron chi connectivity index (χ2n) is 6.72. The zero-order chi connectivity index (χ0) is 16.7. The van der Waals surface area contributed by atoms with Gasteiger partial charge in [0.2, 0.25) is 0 Å². The molecule has 0 aromatic heterocycles. The maximum Gasteiger partial charge on any atom is 0.339 e. The number of halogens is 4. The van der Waals surface area contributed by atoms with Crippen LogP contribution in [0, 0.1) is 5.92 Å². The van der Waals surface area contributed by atoms with Crippen molar-refractivity contribution in [2.75, 3.05) is 0 Å². The highest BCUT2D eigenvalue weighted by molar-refractivity contribution is 5.75. The molecule has 2 aliphatic rings. The molecule has 0 aliphatic heterocycles. The van der Waals surface area contributed by atoms with Gasteiger partial charge in [-0.25, -0.2) is 0 Å². The van der Waals surface area contributed by atoms with Crippen molar-refractivity contribution in [2.24, 2.45) is 5.92 Å². The molecule has 1 aromatic rings. The highest BCUT2D eigenvalue weighted by Gasteiger charge is 2.58. The Kier molecular flexibility index (Phi) is 4.11. The van der Waals surface area contributed by atoms with Crippen LogP contribution in [0.2, 0.25) is 0 Å². The summed E-state index contributed by atoms with van der Waals surface area (Å²) in [4.78, 5) is 0. The molecule has 0 atom stereocenters. The lowest BCUT2D eigenvalue weighted by molar-refractivity contribution is -0.140.